The van der Waals surface area contributed by atoms with Gasteiger partial charge >= 0.3 is 0 Å². The normalized spacial score (nSPS) is 30.1. The lowest BCUT2D eigenvalue weighted by molar-refractivity contribution is -0.143. The van der Waals surface area contributed by atoms with Gasteiger partial charge in [-0.05, 0) is 30.7 Å². The molecule has 4 aliphatic heterocycles. The Balaban J connectivity index is 1.23. The zero-order chi connectivity index (χ0) is 23.5. The van der Waals surface area contributed by atoms with E-state index in [1.54, 1.807) is 12.0 Å². The van der Waals surface area contributed by atoms with Gasteiger partial charge in [-0.25, -0.2) is 0 Å². The van der Waals surface area contributed by atoms with Crippen molar-refractivity contribution in [3.63, 3.8) is 0 Å². The minimum atomic E-state index is -0.979. The molecule has 0 aliphatic carbocycles. The predicted molar refractivity (Wildman–Crippen MR) is 121 cm³/mol. The van der Waals surface area contributed by atoms with Gasteiger partial charge in [0.2, 0.25) is 18.6 Å². The van der Waals surface area contributed by atoms with Crippen LogP contribution in [0.3, 0.4) is 0 Å². The van der Waals surface area contributed by atoms with Crippen LogP contribution in [-0.4, -0.2) is 48.9 Å². The molecule has 0 unspecified atom stereocenters. The fourth-order valence-electron chi connectivity index (χ4n) is 5.83. The number of fused-ring (bicyclic) bond motifs is 2. The van der Waals surface area contributed by atoms with Crippen LogP contribution in [0.1, 0.15) is 18.1 Å². The summed E-state index contributed by atoms with van der Waals surface area (Å²) in [5, 5.41) is 3.01. The maximum absolute atomic E-state index is 13.8. The molecule has 1 N–H and O–H groups in total. The number of nitrogens with one attached hydrogen (secondary N) is 1. The molecule has 0 aromatic heterocycles. The predicted octanol–water partition coefficient (Wildman–Crippen LogP) is 2.41. The summed E-state index contributed by atoms with van der Waals surface area (Å²) in [6, 6.07) is 13.2. The van der Waals surface area contributed by atoms with Crippen molar-refractivity contribution < 1.29 is 28.5 Å². The van der Waals surface area contributed by atoms with Crippen molar-refractivity contribution >= 4 is 11.8 Å². The number of carbonyl (C=O) groups excluding carboxylic acids is 2. The van der Waals surface area contributed by atoms with Gasteiger partial charge in [-0.2, -0.15) is 0 Å². The van der Waals surface area contributed by atoms with Gasteiger partial charge in [0, 0.05) is 18.7 Å². The molecule has 4 aliphatic rings. The van der Waals surface area contributed by atoms with Gasteiger partial charge < -0.3 is 29.2 Å². The highest BCUT2D eigenvalue weighted by Gasteiger charge is 2.74. The molecule has 2 saturated heterocycles. The molecule has 2 aromatic carbocycles. The number of hydrogen-bond donors (Lipinski definition) is 1. The number of para-hydroxylation sites is 1. The molecule has 2 fully saturated rings. The zero-order valence-corrected chi connectivity index (χ0v) is 19.1. The van der Waals surface area contributed by atoms with Gasteiger partial charge in [-0.1, -0.05) is 36.4 Å². The first-order chi connectivity index (χ1) is 16.4. The number of hydrogen-bond acceptors (Lipinski definition) is 6. The molecular weight excluding hydrogens is 436 g/mol. The smallest absolute Gasteiger partial charge is 0.233 e. The number of ether oxygens (including phenoxy) is 4. The van der Waals surface area contributed by atoms with Crippen molar-refractivity contribution in [2.45, 2.75) is 31.7 Å². The van der Waals surface area contributed by atoms with Gasteiger partial charge in [0.25, 0.3) is 0 Å². The van der Waals surface area contributed by atoms with E-state index in [4.69, 9.17) is 18.9 Å². The van der Waals surface area contributed by atoms with Gasteiger partial charge in [-0.3, -0.25) is 9.59 Å². The first-order valence-electron chi connectivity index (χ1n) is 11.4. The number of carbonyl (C=O) groups is 2. The SMILES string of the molecule is COc1ccccc1CNC(=O)[C@@H]1[C@@H]2C=C[C@@]3(CN(Cc4ccc5c(c4)OCO5)C(=O)[C@@]13C)O2. The van der Waals surface area contributed by atoms with Crippen molar-refractivity contribution in [3.05, 3.63) is 65.7 Å². The lowest BCUT2D eigenvalue weighted by Gasteiger charge is -2.34. The fourth-order valence-corrected chi connectivity index (χ4v) is 5.83. The molecule has 176 valence electrons. The molecule has 2 amide bonds. The second-order valence-electron chi connectivity index (χ2n) is 9.39. The van der Waals surface area contributed by atoms with Crippen LogP contribution >= 0.6 is 0 Å². The molecule has 0 radical (unpaired) electrons. The van der Waals surface area contributed by atoms with E-state index in [2.05, 4.69) is 5.32 Å². The topological polar surface area (TPSA) is 86.3 Å². The fraction of sp³-hybridized carbons (Fsp3) is 0.385. The number of benzene rings is 2. The molecule has 4 atom stereocenters. The summed E-state index contributed by atoms with van der Waals surface area (Å²) >= 11 is 0. The van der Waals surface area contributed by atoms with Crippen LogP contribution in [0.2, 0.25) is 0 Å². The van der Waals surface area contributed by atoms with E-state index in [0.717, 1.165) is 11.1 Å². The maximum Gasteiger partial charge on any atom is 0.233 e. The molecule has 6 rings (SSSR count). The van der Waals surface area contributed by atoms with E-state index in [0.29, 0.717) is 36.9 Å². The Morgan fingerprint density at radius 1 is 1.21 bits per heavy atom. The third-order valence-corrected chi connectivity index (χ3v) is 7.63. The van der Waals surface area contributed by atoms with Crippen molar-refractivity contribution in [2.24, 2.45) is 11.3 Å². The number of rotatable bonds is 6. The summed E-state index contributed by atoms with van der Waals surface area (Å²) in [4.78, 5) is 29.0. The van der Waals surface area contributed by atoms with Crippen molar-refractivity contribution in [3.8, 4) is 17.2 Å². The third-order valence-electron chi connectivity index (χ3n) is 7.63. The van der Waals surface area contributed by atoms with Gasteiger partial charge in [0.1, 0.15) is 11.4 Å². The van der Waals surface area contributed by atoms with Crippen molar-refractivity contribution in [1.82, 2.24) is 10.2 Å². The summed E-state index contributed by atoms with van der Waals surface area (Å²) in [7, 11) is 1.60. The number of likely N-dealkylation sites (tertiary alicyclic amines) is 1. The Labute approximate surface area is 197 Å². The van der Waals surface area contributed by atoms with Crippen molar-refractivity contribution in [1.29, 1.82) is 0 Å². The molecule has 2 aromatic rings. The molecule has 8 nitrogen and oxygen atoms in total. The summed E-state index contributed by atoms with van der Waals surface area (Å²) in [5.41, 5.74) is 0.0267. The van der Waals surface area contributed by atoms with Gasteiger partial charge in [0.05, 0.1) is 31.1 Å². The van der Waals surface area contributed by atoms with E-state index >= 15 is 0 Å². The Bertz CT molecular complexity index is 1210. The Morgan fingerprint density at radius 2 is 2.03 bits per heavy atom. The van der Waals surface area contributed by atoms with E-state index in [-0.39, 0.29) is 18.6 Å². The molecule has 0 saturated carbocycles. The Hall–Kier alpha value is -3.52. The first kappa shape index (κ1) is 21.0. The molecule has 34 heavy (non-hydrogen) atoms. The molecule has 2 bridgehead atoms. The largest absolute Gasteiger partial charge is 0.496 e. The van der Waals surface area contributed by atoms with Crippen molar-refractivity contribution in [2.75, 3.05) is 20.4 Å². The third kappa shape index (κ3) is 2.88. The average Bonchev–Trinajstić information content (AvgIpc) is 3.58. The first-order valence-corrected chi connectivity index (χ1v) is 11.4. The van der Waals surface area contributed by atoms with E-state index < -0.39 is 23.0 Å². The Morgan fingerprint density at radius 3 is 2.88 bits per heavy atom. The lowest BCUT2D eigenvalue weighted by Crippen LogP contribution is -2.52. The number of nitrogens with zero attached hydrogens (tertiary/aromatic N) is 1. The summed E-state index contributed by atoms with van der Waals surface area (Å²) in [6.07, 6.45) is 3.48. The van der Waals surface area contributed by atoms with Crippen LogP contribution in [0.15, 0.2) is 54.6 Å². The summed E-state index contributed by atoms with van der Waals surface area (Å²) < 4.78 is 22.6. The van der Waals surface area contributed by atoms with E-state index in [9.17, 15) is 9.59 Å². The van der Waals surface area contributed by atoms with Crippen LogP contribution in [-0.2, 0) is 27.4 Å². The zero-order valence-electron chi connectivity index (χ0n) is 19.1. The standard InChI is InChI=1S/C26H26N2O6/c1-25-22(23(29)27-12-17-5-3-4-6-18(17)31-2)20-9-10-26(25,34-20)14-28(24(25)30)13-16-7-8-19-21(11-16)33-15-32-19/h3-11,20,22H,12-15H2,1-2H3,(H,27,29)/t20-,22-,25+,26-/m0/s1. The average molecular weight is 463 g/mol. The monoisotopic (exact) mass is 462 g/mol. The molecule has 4 heterocycles. The molecular formula is C26H26N2O6. The van der Waals surface area contributed by atoms with Gasteiger partial charge in [0.15, 0.2) is 11.5 Å². The van der Waals surface area contributed by atoms with Crippen LogP contribution in [0.4, 0.5) is 0 Å². The summed E-state index contributed by atoms with van der Waals surface area (Å²) in [6.45, 7) is 3.19. The lowest BCUT2D eigenvalue weighted by atomic mass is 9.64. The van der Waals surface area contributed by atoms with Crippen LogP contribution in [0, 0.1) is 11.3 Å². The minimum Gasteiger partial charge on any atom is -0.496 e. The highest BCUT2D eigenvalue weighted by atomic mass is 16.7. The van der Waals surface area contributed by atoms with E-state index in [1.807, 2.05) is 61.5 Å². The van der Waals surface area contributed by atoms with E-state index in [1.165, 1.54) is 0 Å². The summed E-state index contributed by atoms with van der Waals surface area (Å²) in [5.74, 6) is 1.22. The van der Waals surface area contributed by atoms with Gasteiger partial charge in [-0.15, -0.1) is 0 Å². The number of methoxy groups -OCH3 is 1. The highest BCUT2D eigenvalue weighted by molar-refractivity contribution is 5.96. The quantitative estimate of drug-likeness (QED) is 0.664. The molecule has 8 heteroatoms. The molecule has 1 spiro atoms. The number of amides is 2. The second kappa shape index (κ2) is 7.50. The van der Waals surface area contributed by atoms with Crippen LogP contribution in [0.5, 0.6) is 17.2 Å². The minimum absolute atomic E-state index is 0.0746. The maximum atomic E-state index is 13.8. The second-order valence-corrected chi connectivity index (χ2v) is 9.39. The van der Waals surface area contributed by atoms with Crippen LogP contribution in [0.25, 0.3) is 0 Å². The Kier molecular flexibility index (Phi) is 4.64. The van der Waals surface area contributed by atoms with Crippen LogP contribution < -0.4 is 19.5 Å². The highest BCUT2D eigenvalue weighted by Crippen LogP contribution is 2.60.